The van der Waals surface area contributed by atoms with E-state index in [1.165, 1.54) is 6.08 Å². The maximum Gasteiger partial charge on any atom is 0.334 e. The smallest absolute Gasteiger partial charge is 0.334 e. The average molecular weight is 234 g/mol. The van der Waals surface area contributed by atoms with Crippen molar-refractivity contribution in [2.45, 2.75) is 19.4 Å². The summed E-state index contributed by atoms with van der Waals surface area (Å²) in [4.78, 5) is 11.3. The highest BCUT2D eigenvalue weighted by Gasteiger charge is 2.39. The van der Waals surface area contributed by atoms with Gasteiger partial charge in [0, 0.05) is 5.56 Å². The van der Waals surface area contributed by atoms with Crippen molar-refractivity contribution in [3.8, 4) is 5.75 Å². The second kappa shape index (κ2) is 4.22. The Morgan fingerprint density at radius 1 is 1.53 bits per heavy atom. The number of carbonyl (C=O) groups excluding carboxylic acids is 1. The number of aliphatic hydroxyl groups is 1. The molecular formula is C13H14O4. The van der Waals surface area contributed by atoms with E-state index in [4.69, 9.17) is 9.47 Å². The normalized spacial score (nSPS) is 24.3. The molecule has 0 spiro atoms. The van der Waals surface area contributed by atoms with Crippen LogP contribution in [-0.2, 0) is 15.1 Å². The van der Waals surface area contributed by atoms with Crippen molar-refractivity contribution in [2.75, 3.05) is 6.61 Å². The number of benzene rings is 1. The van der Waals surface area contributed by atoms with Gasteiger partial charge in [0.2, 0.25) is 0 Å². The van der Waals surface area contributed by atoms with Gasteiger partial charge >= 0.3 is 5.97 Å². The van der Waals surface area contributed by atoms with E-state index >= 15 is 0 Å². The number of para-hydroxylation sites is 1. The van der Waals surface area contributed by atoms with Gasteiger partial charge in [-0.3, -0.25) is 0 Å². The standard InChI is InChI=1S/C13H14O4/c1-3-16-12(14)8-11-13(2,15)9-6-4-5-7-10(9)17-11/h4-8,15H,3H2,1-2H3/b11-8+/t13-/m0/s1. The molecule has 0 radical (unpaired) electrons. The molecule has 0 fully saturated rings. The summed E-state index contributed by atoms with van der Waals surface area (Å²) in [7, 11) is 0. The van der Waals surface area contributed by atoms with E-state index in [9.17, 15) is 9.90 Å². The van der Waals surface area contributed by atoms with Gasteiger partial charge in [-0.2, -0.15) is 0 Å². The second-order valence-corrected chi connectivity index (χ2v) is 3.93. The van der Waals surface area contributed by atoms with Gasteiger partial charge in [-0.1, -0.05) is 18.2 Å². The third kappa shape index (κ3) is 2.03. The highest BCUT2D eigenvalue weighted by Crippen LogP contribution is 2.43. The molecule has 1 atom stereocenters. The van der Waals surface area contributed by atoms with Crippen molar-refractivity contribution < 1.29 is 19.4 Å². The van der Waals surface area contributed by atoms with Crippen LogP contribution in [0, 0.1) is 0 Å². The summed E-state index contributed by atoms with van der Waals surface area (Å²) in [6.07, 6.45) is 1.18. The van der Waals surface area contributed by atoms with Crippen LogP contribution in [0.25, 0.3) is 0 Å². The van der Waals surface area contributed by atoms with Gasteiger partial charge in [0.1, 0.15) is 17.1 Å². The summed E-state index contributed by atoms with van der Waals surface area (Å²) < 4.78 is 10.2. The molecule has 0 saturated carbocycles. The second-order valence-electron chi connectivity index (χ2n) is 3.93. The van der Waals surface area contributed by atoms with E-state index in [-0.39, 0.29) is 12.4 Å². The molecule has 1 aliphatic heterocycles. The van der Waals surface area contributed by atoms with Gasteiger partial charge < -0.3 is 14.6 Å². The van der Waals surface area contributed by atoms with Crippen molar-refractivity contribution in [1.29, 1.82) is 0 Å². The average Bonchev–Trinajstić information content (AvgIpc) is 2.52. The van der Waals surface area contributed by atoms with Crippen LogP contribution in [-0.4, -0.2) is 17.7 Å². The van der Waals surface area contributed by atoms with Crippen LogP contribution in [0.15, 0.2) is 36.1 Å². The molecule has 1 aliphatic rings. The molecule has 2 rings (SSSR count). The zero-order valence-electron chi connectivity index (χ0n) is 9.77. The molecule has 17 heavy (non-hydrogen) atoms. The monoisotopic (exact) mass is 234 g/mol. The zero-order valence-corrected chi connectivity index (χ0v) is 9.77. The van der Waals surface area contributed by atoms with E-state index < -0.39 is 11.6 Å². The van der Waals surface area contributed by atoms with Crippen molar-refractivity contribution in [2.24, 2.45) is 0 Å². The molecule has 0 bridgehead atoms. The number of esters is 1. The molecule has 4 nitrogen and oxygen atoms in total. The predicted molar refractivity (Wildman–Crippen MR) is 61.4 cm³/mol. The predicted octanol–water partition coefficient (Wildman–Crippen LogP) is 1.73. The first-order valence-electron chi connectivity index (χ1n) is 5.44. The Kier molecular flexibility index (Phi) is 2.90. The number of hydrogen-bond acceptors (Lipinski definition) is 4. The molecule has 4 heteroatoms. The van der Waals surface area contributed by atoms with Crippen molar-refractivity contribution in [3.63, 3.8) is 0 Å². The minimum atomic E-state index is -1.29. The van der Waals surface area contributed by atoms with Crippen LogP contribution in [0.1, 0.15) is 19.4 Å². The maximum atomic E-state index is 11.3. The van der Waals surface area contributed by atoms with Gasteiger partial charge in [-0.15, -0.1) is 0 Å². The third-order valence-corrected chi connectivity index (χ3v) is 2.65. The number of ether oxygens (including phenoxy) is 2. The van der Waals surface area contributed by atoms with Crippen molar-refractivity contribution in [1.82, 2.24) is 0 Å². The van der Waals surface area contributed by atoms with E-state index in [2.05, 4.69) is 0 Å². The Hall–Kier alpha value is -1.81. The topological polar surface area (TPSA) is 55.8 Å². The molecule has 0 unspecified atom stereocenters. The number of fused-ring (bicyclic) bond motifs is 1. The first-order chi connectivity index (χ1) is 8.05. The lowest BCUT2D eigenvalue weighted by atomic mass is 9.95. The molecule has 1 aromatic carbocycles. The summed E-state index contributed by atoms with van der Waals surface area (Å²) in [5.41, 5.74) is -0.640. The van der Waals surface area contributed by atoms with E-state index in [0.29, 0.717) is 11.3 Å². The Balaban J connectivity index is 2.34. The lowest BCUT2D eigenvalue weighted by Crippen LogP contribution is -2.22. The van der Waals surface area contributed by atoms with Gasteiger partial charge in [0.05, 0.1) is 12.7 Å². The fraction of sp³-hybridized carbons (Fsp3) is 0.308. The summed E-state index contributed by atoms with van der Waals surface area (Å²) in [5.74, 6) is 0.237. The first-order valence-corrected chi connectivity index (χ1v) is 5.44. The van der Waals surface area contributed by atoms with Crippen LogP contribution in [0.5, 0.6) is 5.75 Å². The number of carbonyl (C=O) groups is 1. The SMILES string of the molecule is CCOC(=O)/C=C1/Oc2ccccc2[C@]1(C)O. The molecule has 90 valence electrons. The summed E-state index contributed by atoms with van der Waals surface area (Å²) in [5, 5.41) is 10.3. The Morgan fingerprint density at radius 3 is 2.88 bits per heavy atom. The quantitative estimate of drug-likeness (QED) is 0.625. The van der Waals surface area contributed by atoms with Gasteiger partial charge in [0.15, 0.2) is 0 Å². The lowest BCUT2D eigenvalue weighted by Gasteiger charge is -2.16. The maximum absolute atomic E-state index is 11.3. The fourth-order valence-electron chi connectivity index (χ4n) is 1.77. The summed E-state index contributed by atoms with van der Waals surface area (Å²) in [6.45, 7) is 3.60. The van der Waals surface area contributed by atoms with Gasteiger partial charge in [-0.25, -0.2) is 4.79 Å². The third-order valence-electron chi connectivity index (χ3n) is 2.65. The first kappa shape index (κ1) is 11.7. The minimum absolute atomic E-state index is 0.192. The van der Waals surface area contributed by atoms with Crippen molar-refractivity contribution in [3.05, 3.63) is 41.7 Å². The highest BCUT2D eigenvalue weighted by molar-refractivity contribution is 5.83. The summed E-state index contributed by atoms with van der Waals surface area (Å²) in [6, 6.07) is 7.13. The largest absolute Gasteiger partial charge is 0.463 e. The molecule has 0 aliphatic carbocycles. The fourth-order valence-corrected chi connectivity index (χ4v) is 1.77. The molecule has 0 saturated heterocycles. The Morgan fingerprint density at radius 2 is 2.24 bits per heavy atom. The zero-order chi connectivity index (χ0) is 12.5. The number of hydrogen-bond donors (Lipinski definition) is 1. The van der Waals surface area contributed by atoms with Gasteiger partial charge in [-0.05, 0) is 19.9 Å². The lowest BCUT2D eigenvalue weighted by molar-refractivity contribution is -0.137. The van der Waals surface area contributed by atoms with Crippen LogP contribution in [0.2, 0.25) is 0 Å². The molecule has 1 aromatic rings. The van der Waals surface area contributed by atoms with Gasteiger partial charge in [0.25, 0.3) is 0 Å². The molecule has 1 N–H and O–H groups in total. The minimum Gasteiger partial charge on any atom is -0.463 e. The Labute approximate surface area is 99.5 Å². The highest BCUT2D eigenvalue weighted by atomic mass is 16.5. The van der Waals surface area contributed by atoms with E-state index in [0.717, 1.165) is 0 Å². The molecule has 0 aromatic heterocycles. The summed E-state index contributed by atoms with van der Waals surface area (Å²) >= 11 is 0. The molecule has 1 heterocycles. The molecular weight excluding hydrogens is 220 g/mol. The van der Waals surface area contributed by atoms with E-state index in [1.807, 2.05) is 12.1 Å². The van der Waals surface area contributed by atoms with Crippen LogP contribution in [0.3, 0.4) is 0 Å². The van der Waals surface area contributed by atoms with Crippen LogP contribution < -0.4 is 4.74 Å². The number of rotatable bonds is 2. The van der Waals surface area contributed by atoms with Crippen molar-refractivity contribution >= 4 is 5.97 Å². The molecule has 0 amide bonds. The van der Waals surface area contributed by atoms with Crippen LogP contribution in [0.4, 0.5) is 0 Å². The van der Waals surface area contributed by atoms with E-state index in [1.54, 1.807) is 26.0 Å². The Bertz CT molecular complexity index is 474. The van der Waals surface area contributed by atoms with Crippen LogP contribution >= 0.6 is 0 Å².